The van der Waals surface area contributed by atoms with E-state index in [1.54, 1.807) is 0 Å². The van der Waals surface area contributed by atoms with E-state index in [2.05, 4.69) is 118 Å². The van der Waals surface area contributed by atoms with Gasteiger partial charge in [0.05, 0.1) is 0 Å². The highest BCUT2D eigenvalue weighted by molar-refractivity contribution is 5.71. The molecule has 0 fully saturated rings. The van der Waals surface area contributed by atoms with Crippen molar-refractivity contribution in [1.82, 2.24) is 0 Å². The van der Waals surface area contributed by atoms with E-state index in [1.165, 1.54) is 128 Å². The number of hydrogen-bond donors (Lipinski definition) is 0. The molecule has 0 aromatic rings. The van der Waals surface area contributed by atoms with Gasteiger partial charge in [-0.2, -0.15) is 0 Å². The summed E-state index contributed by atoms with van der Waals surface area (Å²) >= 11 is 0. The van der Waals surface area contributed by atoms with Gasteiger partial charge in [0.15, 0.2) is 6.10 Å². The molecule has 0 rings (SSSR count). The van der Waals surface area contributed by atoms with Crippen LogP contribution < -0.4 is 0 Å². The Balaban J connectivity index is 4.32. The zero-order valence-electron chi connectivity index (χ0n) is 45.0. The van der Waals surface area contributed by atoms with Crippen molar-refractivity contribution in [1.29, 1.82) is 0 Å². The molecule has 0 aliphatic heterocycles. The fourth-order valence-corrected chi connectivity index (χ4v) is 7.78. The third kappa shape index (κ3) is 55.1. The largest absolute Gasteiger partial charge is 0.462 e. The molecule has 0 heterocycles. The molecule has 6 nitrogen and oxygen atoms in total. The number of carbonyl (C=O) groups excluding carboxylic acids is 3. The molecule has 0 saturated carbocycles. The van der Waals surface area contributed by atoms with E-state index in [1.807, 2.05) is 0 Å². The Hall–Kier alpha value is -3.67. The number of carbonyl (C=O) groups is 3. The molecule has 0 amide bonds. The smallest absolute Gasteiger partial charge is 0.306 e. The maximum atomic E-state index is 12.8. The number of allylic oxidation sites excluding steroid dienone is 16. The SMILES string of the molecule is CC/C=C\C/C=C\C/C=C\C/C=C\C/C=C\CCCC(=O)OC(COC(=O)CCCCCCCCCCC)COC(=O)CCCCCCCCCCCC/C=C\C/C=C\C/C=C\CCCCCCC. The van der Waals surface area contributed by atoms with Crippen molar-refractivity contribution in [3.63, 3.8) is 0 Å². The van der Waals surface area contributed by atoms with Crippen LogP contribution in [0.25, 0.3) is 0 Å². The van der Waals surface area contributed by atoms with Gasteiger partial charge in [-0.3, -0.25) is 14.4 Å². The molecule has 6 heteroatoms. The minimum absolute atomic E-state index is 0.100. The van der Waals surface area contributed by atoms with Crippen molar-refractivity contribution in [2.75, 3.05) is 13.2 Å². The lowest BCUT2D eigenvalue weighted by Crippen LogP contribution is -2.30. The first kappa shape index (κ1) is 65.3. The standard InChI is InChI=1S/C63H106O6/c1-4-7-10-13-16-19-21-23-25-27-28-29-30-31-32-33-34-36-37-39-41-44-47-50-53-56-62(65)68-59-60(58-67-61(64)55-52-49-46-43-18-15-12-9-6-3)69-63(66)57-54-51-48-45-42-40-38-35-26-24-22-20-17-14-11-8-5-2/h8,11,17,20-21,23-24,26-28,30-31,38,40,45,48,60H,4-7,9-10,12-16,18-19,22,25,29,32-37,39,41-44,46-47,49-59H2,1-3H3/b11-8-,20-17-,23-21-,26-24-,28-27-,31-30-,40-38-,48-45-. The highest BCUT2D eigenvalue weighted by Crippen LogP contribution is 2.15. The second-order valence-corrected chi connectivity index (χ2v) is 18.8. The zero-order chi connectivity index (χ0) is 50.0. The highest BCUT2D eigenvalue weighted by Gasteiger charge is 2.19. The van der Waals surface area contributed by atoms with E-state index in [0.29, 0.717) is 19.3 Å². The number of hydrogen-bond acceptors (Lipinski definition) is 6. The minimum Gasteiger partial charge on any atom is -0.462 e. The summed E-state index contributed by atoms with van der Waals surface area (Å²) in [5.41, 5.74) is 0. The molecule has 0 aliphatic rings. The van der Waals surface area contributed by atoms with Crippen LogP contribution in [0, 0.1) is 0 Å². The quantitative estimate of drug-likeness (QED) is 0.0262. The summed E-state index contributed by atoms with van der Waals surface area (Å²) in [6, 6.07) is 0. The fourth-order valence-electron chi connectivity index (χ4n) is 7.78. The van der Waals surface area contributed by atoms with Crippen molar-refractivity contribution < 1.29 is 28.6 Å². The van der Waals surface area contributed by atoms with Crippen LogP contribution in [0.4, 0.5) is 0 Å². The van der Waals surface area contributed by atoms with E-state index in [0.717, 1.165) is 89.9 Å². The Labute approximate surface area is 426 Å². The number of esters is 3. The average molecular weight is 960 g/mol. The molecule has 394 valence electrons. The van der Waals surface area contributed by atoms with Crippen LogP contribution in [0.3, 0.4) is 0 Å². The summed E-state index contributed by atoms with van der Waals surface area (Å²) in [6.45, 7) is 6.45. The third-order valence-corrected chi connectivity index (χ3v) is 12.1. The topological polar surface area (TPSA) is 78.9 Å². The van der Waals surface area contributed by atoms with Gasteiger partial charge >= 0.3 is 17.9 Å². The zero-order valence-corrected chi connectivity index (χ0v) is 45.0. The number of rotatable bonds is 51. The monoisotopic (exact) mass is 959 g/mol. The fraction of sp³-hybridized carbons (Fsp3) is 0.698. The summed E-state index contributed by atoms with van der Waals surface area (Å²) in [7, 11) is 0. The predicted molar refractivity (Wildman–Crippen MR) is 297 cm³/mol. The minimum atomic E-state index is -0.807. The Morgan fingerprint density at radius 2 is 0.580 bits per heavy atom. The second-order valence-electron chi connectivity index (χ2n) is 18.8. The molecule has 1 unspecified atom stereocenters. The van der Waals surface area contributed by atoms with Crippen molar-refractivity contribution in [3.8, 4) is 0 Å². The Bertz CT molecular complexity index is 1380. The molecule has 0 aromatic heterocycles. The van der Waals surface area contributed by atoms with Gasteiger partial charge in [0, 0.05) is 19.3 Å². The maximum Gasteiger partial charge on any atom is 0.306 e. The number of ether oxygens (including phenoxy) is 3. The van der Waals surface area contributed by atoms with Gasteiger partial charge in [0.25, 0.3) is 0 Å². The van der Waals surface area contributed by atoms with Crippen molar-refractivity contribution in [2.45, 2.75) is 271 Å². The molecule has 0 bridgehead atoms. The highest BCUT2D eigenvalue weighted by atomic mass is 16.6. The first-order chi connectivity index (χ1) is 34.0. The summed E-state index contributed by atoms with van der Waals surface area (Å²) in [5, 5.41) is 0. The molecule has 0 radical (unpaired) electrons. The van der Waals surface area contributed by atoms with Crippen LogP contribution in [0.15, 0.2) is 97.2 Å². The summed E-state index contributed by atoms with van der Waals surface area (Å²) in [5.74, 6) is -0.965. The van der Waals surface area contributed by atoms with Crippen molar-refractivity contribution in [2.24, 2.45) is 0 Å². The van der Waals surface area contributed by atoms with E-state index >= 15 is 0 Å². The molecule has 0 spiro atoms. The Kier molecular flexibility index (Phi) is 53.9. The average Bonchev–Trinajstić information content (AvgIpc) is 3.35. The number of unbranched alkanes of at least 4 members (excludes halogenated alkanes) is 24. The maximum absolute atomic E-state index is 12.8. The normalized spacial score (nSPS) is 12.8. The lowest BCUT2D eigenvalue weighted by atomic mass is 10.1. The van der Waals surface area contributed by atoms with Crippen LogP contribution >= 0.6 is 0 Å². The van der Waals surface area contributed by atoms with Gasteiger partial charge in [-0.1, -0.05) is 246 Å². The van der Waals surface area contributed by atoms with Crippen LogP contribution in [0.5, 0.6) is 0 Å². The molecule has 0 saturated heterocycles. The molecule has 0 N–H and O–H groups in total. The molecule has 0 aliphatic carbocycles. The molecular weight excluding hydrogens is 853 g/mol. The molecule has 0 aromatic carbocycles. The Morgan fingerprint density at radius 1 is 0.304 bits per heavy atom. The van der Waals surface area contributed by atoms with Gasteiger partial charge in [-0.25, -0.2) is 0 Å². The van der Waals surface area contributed by atoms with E-state index < -0.39 is 6.10 Å². The molecule has 1 atom stereocenters. The van der Waals surface area contributed by atoms with E-state index in [4.69, 9.17) is 14.2 Å². The molecule has 69 heavy (non-hydrogen) atoms. The van der Waals surface area contributed by atoms with E-state index in [-0.39, 0.29) is 37.5 Å². The van der Waals surface area contributed by atoms with Crippen molar-refractivity contribution >= 4 is 17.9 Å². The van der Waals surface area contributed by atoms with Gasteiger partial charge in [0.2, 0.25) is 0 Å². The lowest BCUT2D eigenvalue weighted by Gasteiger charge is -2.18. The van der Waals surface area contributed by atoms with Crippen LogP contribution in [0.1, 0.15) is 265 Å². The van der Waals surface area contributed by atoms with Gasteiger partial charge in [-0.05, 0) is 96.3 Å². The summed E-state index contributed by atoms with van der Waals surface area (Å²) < 4.78 is 16.8. The second kappa shape index (κ2) is 56.9. The van der Waals surface area contributed by atoms with Crippen molar-refractivity contribution in [3.05, 3.63) is 97.2 Å². The predicted octanol–water partition coefficient (Wildman–Crippen LogP) is 19.3. The van der Waals surface area contributed by atoms with E-state index in [9.17, 15) is 14.4 Å². The molecular formula is C63H106O6. The summed E-state index contributed by atoms with van der Waals surface area (Å²) in [6.07, 6.45) is 75.6. The lowest BCUT2D eigenvalue weighted by molar-refractivity contribution is -0.167. The van der Waals surface area contributed by atoms with Crippen LogP contribution in [-0.2, 0) is 28.6 Å². The van der Waals surface area contributed by atoms with Gasteiger partial charge in [-0.15, -0.1) is 0 Å². The van der Waals surface area contributed by atoms with Crippen LogP contribution in [0.2, 0.25) is 0 Å². The van der Waals surface area contributed by atoms with Gasteiger partial charge in [0.1, 0.15) is 13.2 Å². The third-order valence-electron chi connectivity index (χ3n) is 12.1. The summed E-state index contributed by atoms with van der Waals surface area (Å²) in [4.78, 5) is 38.0. The van der Waals surface area contributed by atoms with Gasteiger partial charge < -0.3 is 14.2 Å². The van der Waals surface area contributed by atoms with Crippen LogP contribution in [-0.4, -0.2) is 37.2 Å². The first-order valence-electron chi connectivity index (χ1n) is 28.7. The Morgan fingerprint density at radius 3 is 0.928 bits per heavy atom. The first-order valence-corrected chi connectivity index (χ1v) is 28.7.